The number of guanidine groups is 1. The lowest BCUT2D eigenvalue weighted by molar-refractivity contribution is 0.109. The van der Waals surface area contributed by atoms with Crippen LogP contribution in [-0.4, -0.2) is 88.9 Å². The second-order valence-electron chi connectivity index (χ2n) is 6.76. The highest BCUT2D eigenvalue weighted by Crippen LogP contribution is 2.06. The molecule has 0 bridgehead atoms. The molecule has 1 atom stereocenters. The summed E-state index contributed by atoms with van der Waals surface area (Å²) in [6.07, 6.45) is 2.69. The van der Waals surface area contributed by atoms with Gasteiger partial charge in [-0.25, -0.2) is 0 Å². The Bertz CT molecular complexity index is 533. The summed E-state index contributed by atoms with van der Waals surface area (Å²) in [5, 5.41) is 14.9. The van der Waals surface area contributed by atoms with Crippen LogP contribution < -0.4 is 10.6 Å². The van der Waals surface area contributed by atoms with Gasteiger partial charge >= 0.3 is 0 Å². The first-order chi connectivity index (χ1) is 12.7. The second kappa shape index (κ2) is 11.1. The van der Waals surface area contributed by atoms with Crippen molar-refractivity contribution in [1.29, 1.82) is 0 Å². The lowest BCUT2D eigenvalue weighted by Crippen LogP contribution is -2.50. The van der Waals surface area contributed by atoms with Gasteiger partial charge in [-0.2, -0.15) is 0 Å². The predicted octanol–water partition coefficient (Wildman–Crippen LogP) is 0.422. The molecule has 1 aliphatic heterocycles. The molecule has 8 nitrogen and oxygen atoms in total. The van der Waals surface area contributed by atoms with Gasteiger partial charge < -0.3 is 20.1 Å². The molecule has 1 fully saturated rings. The molecule has 1 aromatic rings. The van der Waals surface area contributed by atoms with E-state index in [4.69, 9.17) is 4.99 Å². The summed E-state index contributed by atoms with van der Waals surface area (Å²) in [6, 6.07) is 0.467. The van der Waals surface area contributed by atoms with Gasteiger partial charge in [0.25, 0.3) is 0 Å². The van der Waals surface area contributed by atoms with Crippen LogP contribution in [0, 0.1) is 0 Å². The van der Waals surface area contributed by atoms with E-state index >= 15 is 0 Å². The number of nitrogens with zero attached hydrogens (tertiary/aromatic N) is 6. The molecule has 1 unspecified atom stereocenters. The maximum absolute atomic E-state index is 4.79. The Hall–Kier alpha value is -1.67. The van der Waals surface area contributed by atoms with Gasteiger partial charge in [0.1, 0.15) is 12.2 Å². The van der Waals surface area contributed by atoms with E-state index in [1.165, 1.54) is 13.1 Å². The minimum absolute atomic E-state index is 0.467. The minimum atomic E-state index is 0.467. The van der Waals surface area contributed by atoms with Crippen LogP contribution in [0.3, 0.4) is 0 Å². The van der Waals surface area contributed by atoms with Crippen molar-refractivity contribution >= 4 is 5.96 Å². The van der Waals surface area contributed by atoms with E-state index in [9.17, 15) is 0 Å². The van der Waals surface area contributed by atoms with Crippen molar-refractivity contribution in [2.45, 2.75) is 46.7 Å². The van der Waals surface area contributed by atoms with Gasteiger partial charge in [0.05, 0.1) is 6.54 Å². The SMILES string of the molecule is CCNC(=NCC(C)N1CCN(CC)CC1)NCCn1cnnc1CC. The summed E-state index contributed by atoms with van der Waals surface area (Å²) in [4.78, 5) is 9.84. The molecule has 2 heterocycles. The average Bonchev–Trinajstić information content (AvgIpc) is 3.13. The summed E-state index contributed by atoms with van der Waals surface area (Å²) < 4.78 is 2.09. The predicted molar refractivity (Wildman–Crippen MR) is 107 cm³/mol. The van der Waals surface area contributed by atoms with E-state index in [0.29, 0.717) is 6.04 Å². The monoisotopic (exact) mass is 364 g/mol. The van der Waals surface area contributed by atoms with E-state index in [1.54, 1.807) is 6.33 Å². The van der Waals surface area contributed by atoms with E-state index in [0.717, 1.165) is 64.0 Å². The number of piperazine rings is 1. The van der Waals surface area contributed by atoms with Crippen LogP contribution >= 0.6 is 0 Å². The number of hydrogen-bond acceptors (Lipinski definition) is 5. The van der Waals surface area contributed by atoms with Crippen molar-refractivity contribution < 1.29 is 0 Å². The zero-order chi connectivity index (χ0) is 18.8. The Morgan fingerprint density at radius 3 is 2.62 bits per heavy atom. The normalized spacial score (nSPS) is 18.1. The van der Waals surface area contributed by atoms with Crippen LogP contribution in [0.1, 0.15) is 33.5 Å². The summed E-state index contributed by atoms with van der Waals surface area (Å²) in [5.74, 6) is 1.91. The molecular formula is C18H36N8. The van der Waals surface area contributed by atoms with E-state index in [-0.39, 0.29) is 0 Å². The topological polar surface area (TPSA) is 73.6 Å². The van der Waals surface area contributed by atoms with E-state index in [2.05, 4.69) is 62.9 Å². The molecule has 1 aromatic heterocycles. The highest BCUT2D eigenvalue weighted by molar-refractivity contribution is 5.79. The molecule has 0 radical (unpaired) electrons. The molecule has 148 valence electrons. The van der Waals surface area contributed by atoms with Gasteiger partial charge in [-0.05, 0) is 20.4 Å². The first-order valence-corrected chi connectivity index (χ1v) is 10.0. The van der Waals surface area contributed by atoms with Crippen molar-refractivity contribution in [1.82, 2.24) is 35.2 Å². The van der Waals surface area contributed by atoms with Crippen LogP contribution in [0.4, 0.5) is 0 Å². The van der Waals surface area contributed by atoms with E-state index < -0.39 is 0 Å². The summed E-state index contributed by atoms with van der Waals surface area (Å²) in [6.45, 7) is 17.8. The van der Waals surface area contributed by atoms with Gasteiger partial charge in [-0.15, -0.1) is 10.2 Å². The second-order valence-corrected chi connectivity index (χ2v) is 6.76. The highest BCUT2D eigenvalue weighted by Gasteiger charge is 2.19. The summed E-state index contributed by atoms with van der Waals surface area (Å²) in [5.41, 5.74) is 0. The van der Waals surface area contributed by atoms with Crippen LogP contribution in [0.15, 0.2) is 11.3 Å². The lowest BCUT2D eigenvalue weighted by atomic mass is 10.2. The average molecular weight is 365 g/mol. The molecule has 26 heavy (non-hydrogen) atoms. The molecule has 1 aliphatic rings. The first-order valence-electron chi connectivity index (χ1n) is 10.0. The maximum Gasteiger partial charge on any atom is 0.191 e. The zero-order valence-corrected chi connectivity index (χ0v) is 16.9. The third-order valence-electron chi connectivity index (χ3n) is 4.99. The largest absolute Gasteiger partial charge is 0.357 e. The molecule has 2 N–H and O–H groups in total. The van der Waals surface area contributed by atoms with Crippen molar-refractivity contribution in [3.63, 3.8) is 0 Å². The van der Waals surface area contributed by atoms with Gasteiger partial charge in [0.15, 0.2) is 5.96 Å². The molecule has 2 rings (SSSR count). The molecular weight excluding hydrogens is 328 g/mol. The highest BCUT2D eigenvalue weighted by atomic mass is 15.3. The summed E-state index contributed by atoms with van der Waals surface area (Å²) in [7, 11) is 0. The lowest BCUT2D eigenvalue weighted by Gasteiger charge is -2.37. The number of aliphatic imine (C=N–C) groups is 1. The number of aryl methyl sites for hydroxylation is 1. The standard InChI is InChI=1S/C18H36N8/c1-5-17-23-22-15-26(17)9-8-20-18(19-6-2)21-14-16(4)25-12-10-24(7-3)11-13-25/h15-16H,5-14H2,1-4H3,(H2,19,20,21). The van der Waals surface area contributed by atoms with Crippen LogP contribution in [0.2, 0.25) is 0 Å². The number of nitrogens with one attached hydrogen (secondary N) is 2. The Balaban J connectivity index is 1.78. The smallest absolute Gasteiger partial charge is 0.191 e. The van der Waals surface area contributed by atoms with Crippen molar-refractivity contribution in [3.05, 3.63) is 12.2 Å². The van der Waals surface area contributed by atoms with Crippen molar-refractivity contribution in [2.24, 2.45) is 4.99 Å². The third-order valence-corrected chi connectivity index (χ3v) is 4.99. The van der Waals surface area contributed by atoms with Crippen molar-refractivity contribution in [2.75, 3.05) is 52.4 Å². The number of rotatable bonds is 9. The van der Waals surface area contributed by atoms with Gasteiger partial charge in [-0.3, -0.25) is 9.89 Å². The molecule has 0 aromatic carbocycles. The van der Waals surface area contributed by atoms with Crippen molar-refractivity contribution in [3.8, 4) is 0 Å². The molecule has 1 saturated heterocycles. The first kappa shape index (κ1) is 20.6. The molecule has 0 amide bonds. The Labute approximate surface area is 158 Å². The van der Waals surface area contributed by atoms with Crippen LogP contribution in [0.5, 0.6) is 0 Å². The number of aromatic nitrogens is 3. The molecule has 0 spiro atoms. The van der Waals surface area contributed by atoms with Gasteiger partial charge in [-0.1, -0.05) is 13.8 Å². The van der Waals surface area contributed by atoms with Crippen LogP contribution in [0.25, 0.3) is 0 Å². The quantitative estimate of drug-likeness (QED) is 0.489. The zero-order valence-electron chi connectivity index (χ0n) is 16.9. The number of likely N-dealkylation sites (N-methyl/N-ethyl adjacent to an activating group) is 1. The van der Waals surface area contributed by atoms with Crippen LogP contribution in [-0.2, 0) is 13.0 Å². The fourth-order valence-corrected chi connectivity index (χ4v) is 3.24. The maximum atomic E-state index is 4.79. The molecule has 0 aliphatic carbocycles. The minimum Gasteiger partial charge on any atom is -0.357 e. The van der Waals surface area contributed by atoms with Gasteiger partial charge in [0, 0.05) is 58.3 Å². The van der Waals surface area contributed by atoms with Gasteiger partial charge in [0.2, 0.25) is 0 Å². The summed E-state index contributed by atoms with van der Waals surface area (Å²) >= 11 is 0. The number of hydrogen-bond donors (Lipinski definition) is 2. The fourth-order valence-electron chi connectivity index (χ4n) is 3.24. The molecule has 0 saturated carbocycles. The Kier molecular flexibility index (Phi) is 8.84. The Morgan fingerprint density at radius 1 is 1.19 bits per heavy atom. The third kappa shape index (κ3) is 6.25. The molecule has 8 heteroatoms. The Morgan fingerprint density at radius 2 is 1.96 bits per heavy atom. The fraction of sp³-hybridized carbons (Fsp3) is 0.833. The van der Waals surface area contributed by atoms with E-state index in [1.807, 2.05) is 0 Å².